The summed E-state index contributed by atoms with van der Waals surface area (Å²) < 4.78 is 42.8. The lowest BCUT2D eigenvalue weighted by Gasteiger charge is -2.35. The molecule has 1 fully saturated rings. The summed E-state index contributed by atoms with van der Waals surface area (Å²) in [6.45, 7) is 4.49. The number of aromatic nitrogens is 1. The molecule has 0 spiro atoms. The highest BCUT2D eigenvalue weighted by atomic mass is 35.5. The lowest BCUT2D eigenvalue weighted by molar-refractivity contribution is -0.137. The Labute approximate surface area is 126 Å². The van der Waals surface area contributed by atoms with Gasteiger partial charge in [0.05, 0.1) is 17.2 Å². The van der Waals surface area contributed by atoms with Crippen molar-refractivity contribution in [2.24, 2.45) is 0 Å². The van der Waals surface area contributed by atoms with E-state index in [0.717, 1.165) is 31.9 Å². The van der Waals surface area contributed by atoms with Gasteiger partial charge in [-0.1, -0.05) is 11.6 Å². The molecular formula is C13H17ClF3N3O. The number of hydrogen-bond donors (Lipinski definition) is 0. The summed E-state index contributed by atoms with van der Waals surface area (Å²) in [4.78, 5) is 8.03. The second-order valence-corrected chi connectivity index (χ2v) is 5.26. The number of halogens is 4. The van der Waals surface area contributed by atoms with Crippen molar-refractivity contribution in [1.82, 2.24) is 9.88 Å². The number of alkyl halides is 3. The predicted octanol–water partition coefficient (Wildman–Crippen LogP) is 2.52. The topological polar surface area (TPSA) is 28.6 Å². The zero-order valence-electron chi connectivity index (χ0n) is 11.7. The number of nitrogens with zero attached hydrogens (tertiary/aromatic N) is 3. The van der Waals surface area contributed by atoms with Crippen LogP contribution in [0.3, 0.4) is 0 Å². The Bertz CT molecular complexity index is 476. The molecular weight excluding hydrogens is 307 g/mol. The Morgan fingerprint density at radius 2 is 1.95 bits per heavy atom. The minimum Gasteiger partial charge on any atom is -0.383 e. The van der Waals surface area contributed by atoms with Crippen LogP contribution < -0.4 is 4.90 Å². The molecule has 2 heterocycles. The van der Waals surface area contributed by atoms with E-state index < -0.39 is 11.7 Å². The molecule has 0 N–H and O–H groups in total. The average Bonchev–Trinajstić information content (AvgIpc) is 2.45. The molecule has 0 bridgehead atoms. The molecule has 0 aromatic carbocycles. The van der Waals surface area contributed by atoms with Gasteiger partial charge in [0.25, 0.3) is 0 Å². The first-order valence-corrected chi connectivity index (χ1v) is 6.98. The molecule has 8 heteroatoms. The fourth-order valence-corrected chi connectivity index (χ4v) is 2.51. The molecule has 1 aromatic rings. The Morgan fingerprint density at radius 1 is 1.29 bits per heavy atom. The van der Waals surface area contributed by atoms with Crippen molar-refractivity contribution in [3.05, 3.63) is 22.8 Å². The largest absolute Gasteiger partial charge is 0.417 e. The van der Waals surface area contributed by atoms with Crippen molar-refractivity contribution in [2.45, 2.75) is 6.18 Å². The van der Waals surface area contributed by atoms with Crippen LogP contribution in [0.4, 0.5) is 19.0 Å². The highest BCUT2D eigenvalue weighted by Gasteiger charge is 2.32. The van der Waals surface area contributed by atoms with Gasteiger partial charge in [0, 0.05) is 46.0 Å². The molecule has 21 heavy (non-hydrogen) atoms. The molecule has 0 saturated carbocycles. The van der Waals surface area contributed by atoms with Crippen molar-refractivity contribution in [1.29, 1.82) is 0 Å². The second-order valence-electron chi connectivity index (χ2n) is 4.85. The van der Waals surface area contributed by atoms with Crippen LogP contribution in [0.25, 0.3) is 0 Å². The molecule has 0 unspecified atom stereocenters. The van der Waals surface area contributed by atoms with Gasteiger partial charge in [0.2, 0.25) is 0 Å². The zero-order chi connectivity index (χ0) is 15.5. The van der Waals surface area contributed by atoms with E-state index >= 15 is 0 Å². The number of ether oxygens (including phenoxy) is 1. The molecule has 1 saturated heterocycles. The van der Waals surface area contributed by atoms with Crippen molar-refractivity contribution in [3.8, 4) is 0 Å². The highest BCUT2D eigenvalue weighted by Crippen LogP contribution is 2.33. The van der Waals surface area contributed by atoms with E-state index in [1.807, 2.05) is 4.90 Å². The SMILES string of the molecule is COCCN1CCN(c2ncc(C(F)(F)F)cc2Cl)CC1. The van der Waals surface area contributed by atoms with Gasteiger partial charge in [-0.25, -0.2) is 4.98 Å². The first kappa shape index (κ1) is 16.3. The van der Waals surface area contributed by atoms with Crippen LogP contribution in [0, 0.1) is 0 Å². The third-order valence-electron chi connectivity index (χ3n) is 3.43. The molecule has 0 amide bonds. The van der Waals surface area contributed by atoms with Crippen LogP contribution in [0.5, 0.6) is 0 Å². The Morgan fingerprint density at radius 3 is 2.48 bits per heavy atom. The number of hydrogen-bond acceptors (Lipinski definition) is 4. The van der Waals surface area contributed by atoms with E-state index in [0.29, 0.717) is 25.5 Å². The van der Waals surface area contributed by atoms with Crippen LogP contribution in [0.1, 0.15) is 5.56 Å². The van der Waals surface area contributed by atoms with Crippen LogP contribution in [-0.4, -0.2) is 56.3 Å². The van der Waals surface area contributed by atoms with Crippen LogP contribution in [0.2, 0.25) is 5.02 Å². The van der Waals surface area contributed by atoms with E-state index in [1.54, 1.807) is 7.11 Å². The van der Waals surface area contributed by atoms with Gasteiger partial charge in [-0.3, -0.25) is 4.90 Å². The Kier molecular flexibility index (Phi) is 5.29. The summed E-state index contributed by atoms with van der Waals surface area (Å²) in [5.74, 6) is 0.413. The summed E-state index contributed by atoms with van der Waals surface area (Å²) in [5.41, 5.74) is -0.824. The van der Waals surface area contributed by atoms with E-state index in [9.17, 15) is 13.2 Å². The fourth-order valence-electron chi connectivity index (χ4n) is 2.22. The van der Waals surface area contributed by atoms with E-state index in [2.05, 4.69) is 9.88 Å². The van der Waals surface area contributed by atoms with E-state index in [1.165, 1.54) is 0 Å². The first-order chi connectivity index (χ1) is 9.91. The minimum absolute atomic E-state index is 0.0372. The maximum Gasteiger partial charge on any atom is 0.417 e. The summed E-state index contributed by atoms with van der Waals surface area (Å²) >= 11 is 5.95. The average molecular weight is 324 g/mol. The fraction of sp³-hybridized carbons (Fsp3) is 0.615. The summed E-state index contributed by atoms with van der Waals surface area (Å²) in [6, 6.07) is 0.932. The Hall–Kier alpha value is -1.05. The van der Waals surface area contributed by atoms with Crippen molar-refractivity contribution in [2.75, 3.05) is 51.3 Å². The molecule has 0 atom stereocenters. The summed E-state index contributed by atoms with van der Waals surface area (Å²) in [7, 11) is 1.65. The van der Waals surface area contributed by atoms with Gasteiger partial charge < -0.3 is 9.64 Å². The third-order valence-corrected chi connectivity index (χ3v) is 3.71. The zero-order valence-corrected chi connectivity index (χ0v) is 12.4. The maximum atomic E-state index is 12.6. The highest BCUT2D eigenvalue weighted by molar-refractivity contribution is 6.33. The normalized spacial score (nSPS) is 17.3. The van der Waals surface area contributed by atoms with E-state index in [4.69, 9.17) is 16.3 Å². The molecule has 0 radical (unpaired) electrons. The number of pyridine rings is 1. The number of methoxy groups -OCH3 is 1. The smallest absolute Gasteiger partial charge is 0.383 e. The summed E-state index contributed by atoms with van der Waals surface area (Å²) in [6.07, 6.45) is -3.59. The molecule has 1 aliphatic rings. The molecule has 1 aliphatic heterocycles. The predicted molar refractivity (Wildman–Crippen MR) is 74.8 cm³/mol. The van der Waals surface area contributed by atoms with Gasteiger partial charge in [-0.05, 0) is 6.07 Å². The van der Waals surface area contributed by atoms with Gasteiger partial charge in [-0.2, -0.15) is 13.2 Å². The third kappa shape index (κ3) is 4.21. The van der Waals surface area contributed by atoms with Crippen LogP contribution >= 0.6 is 11.6 Å². The lowest BCUT2D eigenvalue weighted by Crippen LogP contribution is -2.47. The first-order valence-electron chi connectivity index (χ1n) is 6.61. The lowest BCUT2D eigenvalue weighted by atomic mass is 10.2. The van der Waals surface area contributed by atoms with Gasteiger partial charge in [0.1, 0.15) is 5.82 Å². The second kappa shape index (κ2) is 6.81. The maximum absolute atomic E-state index is 12.6. The minimum atomic E-state index is -4.42. The van der Waals surface area contributed by atoms with Gasteiger partial charge >= 0.3 is 6.18 Å². The number of rotatable bonds is 4. The molecule has 0 aliphatic carbocycles. The van der Waals surface area contributed by atoms with E-state index in [-0.39, 0.29) is 5.02 Å². The standard InChI is InChI=1S/C13H17ClF3N3O/c1-21-7-6-19-2-4-20(5-3-19)12-11(14)8-10(9-18-12)13(15,16)17/h8-9H,2-7H2,1H3. The Balaban J connectivity index is 2.00. The monoisotopic (exact) mass is 323 g/mol. The molecule has 1 aromatic heterocycles. The van der Waals surface area contributed by atoms with Gasteiger partial charge in [-0.15, -0.1) is 0 Å². The van der Waals surface area contributed by atoms with Gasteiger partial charge in [0.15, 0.2) is 0 Å². The number of piperazine rings is 1. The molecule has 2 rings (SSSR count). The quantitative estimate of drug-likeness (QED) is 0.851. The van der Waals surface area contributed by atoms with Crippen molar-refractivity contribution in [3.63, 3.8) is 0 Å². The molecule has 4 nitrogen and oxygen atoms in total. The van der Waals surface area contributed by atoms with Crippen molar-refractivity contribution < 1.29 is 17.9 Å². The van der Waals surface area contributed by atoms with Crippen LogP contribution in [0.15, 0.2) is 12.3 Å². The molecule has 118 valence electrons. The number of anilines is 1. The van der Waals surface area contributed by atoms with Crippen molar-refractivity contribution >= 4 is 17.4 Å². The summed E-state index contributed by atoms with van der Waals surface area (Å²) in [5, 5.41) is 0.0372. The van der Waals surface area contributed by atoms with Crippen LogP contribution in [-0.2, 0) is 10.9 Å².